The molecule has 1 N–H and O–H groups in total. The van der Waals surface area contributed by atoms with Crippen LogP contribution in [0, 0.1) is 3.57 Å². The molecule has 7 nitrogen and oxygen atoms in total. The number of nitrogens with zero attached hydrogens (tertiary/aromatic N) is 1. The molecule has 0 aliphatic carbocycles. The number of halogens is 2. The predicted octanol–water partition coefficient (Wildman–Crippen LogP) is 7.36. The second kappa shape index (κ2) is 12.3. The fourth-order valence-electron chi connectivity index (χ4n) is 4.15. The summed E-state index contributed by atoms with van der Waals surface area (Å²) < 4.78 is 12.3. The zero-order chi connectivity index (χ0) is 28.2. The minimum atomic E-state index is -0.528. The molecule has 0 saturated carbocycles. The number of anilines is 1. The molecule has 0 unspecified atom stereocenters. The van der Waals surface area contributed by atoms with Gasteiger partial charge in [-0.05, 0) is 87.3 Å². The molecule has 40 heavy (non-hydrogen) atoms. The van der Waals surface area contributed by atoms with E-state index in [9.17, 15) is 14.4 Å². The zero-order valence-electron chi connectivity index (χ0n) is 21.1. The molecule has 4 aromatic carbocycles. The van der Waals surface area contributed by atoms with Gasteiger partial charge in [0.15, 0.2) is 11.5 Å². The van der Waals surface area contributed by atoms with Crippen LogP contribution in [0.25, 0.3) is 16.8 Å². The monoisotopic (exact) mass is 684 g/mol. The Kier molecular flexibility index (Phi) is 8.63. The molecule has 4 aromatic rings. The second-order valence-corrected chi connectivity index (χ2v) is 11.4. The number of nitrogens with one attached hydrogen (secondary N) is 1. The average Bonchev–Trinajstić information content (AvgIpc) is 3.20. The predicted molar refractivity (Wildman–Crippen MR) is 167 cm³/mol. The number of rotatable bonds is 8. The highest BCUT2D eigenvalue weighted by atomic mass is 127. The number of hydrogen-bond acceptors (Lipinski definition) is 6. The van der Waals surface area contributed by atoms with Crippen LogP contribution >= 0.6 is 46.0 Å². The smallest absolute Gasteiger partial charge is 0.294 e. The summed E-state index contributed by atoms with van der Waals surface area (Å²) in [5, 5.41) is 4.81. The van der Waals surface area contributed by atoms with E-state index in [0.717, 1.165) is 36.6 Å². The molecule has 0 bridgehead atoms. The van der Waals surface area contributed by atoms with Crippen molar-refractivity contribution >= 4 is 85.5 Å². The van der Waals surface area contributed by atoms with E-state index in [-0.39, 0.29) is 11.4 Å². The van der Waals surface area contributed by atoms with Crippen LogP contribution in [0.4, 0.5) is 10.5 Å². The Bertz CT molecular complexity index is 1650. The van der Waals surface area contributed by atoms with Crippen molar-refractivity contribution in [3.05, 3.63) is 103 Å². The van der Waals surface area contributed by atoms with Crippen LogP contribution < -0.4 is 14.8 Å². The Balaban J connectivity index is 1.29. The van der Waals surface area contributed by atoms with Gasteiger partial charge in [0.2, 0.25) is 5.91 Å². The molecule has 3 amide bonds. The van der Waals surface area contributed by atoms with Gasteiger partial charge in [-0.2, -0.15) is 0 Å². The highest BCUT2D eigenvalue weighted by Crippen LogP contribution is 2.38. The van der Waals surface area contributed by atoms with Gasteiger partial charge in [-0.1, -0.05) is 60.1 Å². The van der Waals surface area contributed by atoms with Crippen molar-refractivity contribution in [1.82, 2.24) is 4.90 Å². The maximum Gasteiger partial charge on any atom is 0.294 e. The second-order valence-electron chi connectivity index (χ2n) is 8.79. The van der Waals surface area contributed by atoms with Crippen molar-refractivity contribution in [2.75, 3.05) is 19.0 Å². The Hall–Kier alpha value is -3.54. The third-order valence-electron chi connectivity index (χ3n) is 6.08. The van der Waals surface area contributed by atoms with Crippen molar-refractivity contribution in [2.45, 2.75) is 6.61 Å². The molecule has 1 fully saturated rings. The Morgan fingerprint density at radius 2 is 1.80 bits per heavy atom. The number of ether oxygens (including phenoxy) is 2. The Labute approximate surface area is 253 Å². The molecular formula is C30H22ClIN2O5S. The first-order chi connectivity index (χ1) is 19.3. The van der Waals surface area contributed by atoms with E-state index in [4.69, 9.17) is 21.1 Å². The van der Waals surface area contributed by atoms with Crippen molar-refractivity contribution in [1.29, 1.82) is 0 Å². The highest BCUT2D eigenvalue weighted by molar-refractivity contribution is 14.1. The van der Waals surface area contributed by atoms with E-state index in [0.29, 0.717) is 34.4 Å². The normalized spacial score (nSPS) is 14.2. The number of benzene rings is 4. The van der Waals surface area contributed by atoms with Crippen LogP contribution in [0.15, 0.2) is 83.8 Å². The number of carbonyl (C=O) groups is 3. The maximum absolute atomic E-state index is 13.1. The van der Waals surface area contributed by atoms with Crippen molar-refractivity contribution < 1.29 is 23.9 Å². The minimum absolute atomic E-state index is 0.218. The van der Waals surface area contributed by atoms with Crippen molar-refractivity contribution in [3.8, 4) is 11.5 Å². The third-order valence-corrected chi connectivity index (χ3v) is 8.05. The molecule has 1 aliphatic heterocycles. The summed E-state index contributed by atoms with van der Waals surface area (Å²) in [7, 11) is 1.53. The van der Waals surface area contributed by atoms with Crippen LogP contribution in [0.5, 0.6) is 11.5 Å². The molecule has 1 saturated heterocycles. The van der Waals surface area contributed by atoms with E-state index < -0.39 is 17.1 Å². The number of methoxy groups -OCH3 is 1. The summed E-state index contributed by atoms with van der Waals surface area (Å²) in [6, 6.07) is 24.1. The molecule has 5 rings (SSSR count). The van der Waals surface area contributed by atoms with Gasteiger partial charge in [0.1, 0.15) is 13.2 Å². The number of thioether (sulfide) groups is 1. The molecular weight excluding hydrogens is 663 g/mol. The van der Waals surface area contributed by atoms with E-state index in [1.54, 1.807) is 30.3 Å². The Morgan fingerprint density at radius 1 is 1.05 bits per heavy atom. The molecule has 0 radical (unpaired) electrons. The standard InChI is InChI=1S/C30H22ClIN2O5S/c1-38-25-14-19(13-23(32)28(25)39-17-18-9-11-21(31)12-10-18)15-26-29(36)34(30(37)40-26)16-27(35)33-24-8-4-6-20-5-2-3-7-22(20)24/h2-15H,16-17H2,1H3,(H,33,35)/b26-15+. The van der Waals surface area contributed by atoms with Crippen LogP contribution in [-0.2, 0) is 16.2 Å². The number of carbonyl (C=O) groups excluding carboxylic acids is 3. The molecule has 1 heterocycles. The van der Waals surface area contributed by atoms with E-state index in [1.165, 1.54) is 7.11 Å². The number of amides is 3. The van der Waals surface area contributed by atoms with Crippen molar-refractivity contribution in [3.63, 3.8) is 0 Å². The molecule has 0 atom stereocenters. The number of fused-ring (bicyclic) bond motifs is 1. The van der Waals surface area contributed by atoms with Crippen LogP contribution in [0.1, 0.15) is 11.1 Å². The fourth-order valence-corrected chi connectivity index (χ4v) is 5.90. The number of imide groups is 1. The lowest BCUT2D eigenvalue weighted by atomic mass is 10.1. The topological polar surface area (TPSA) is 84.9 Å². The average molecular weight is 685 g/mol. The largest absolute Gasteiger partial charge is 0.493 e. The molecule has 0 aromatic heterocycles. The van der Waals surface area contributed by atoms with Crippen molar-refractivity contribution in [2.24, 2.45) is 0 Å². The summed E-state index contributed by atoms with van der Waals surface area (Å²) in [4.78, 5) is 39.7. The van der Waals surface area contributed by atoms with Gasteiger partial charge in [0.05, 0.1) is 15.6 Å². The van der Waals surface area contributed by atoms with Gasteiger partial charge in [-0.15, -0.1) is 0 Å². The number of hydrogen-bond donors (Lipinski definition) is 1. The lowest BCUT2D eigenvalue weighted by Crippen LogP contribution is -2.36. The first kappa shape index (κ1) is 28.0. The lowest BCUT2D eigenvalue weighted by Gasteiger charge is -2.14. The highest BCUT2D eigenvalue weighted by Gasteiger charge is 2.36. The first-order valence-electron chi connectivity index (χ1n) is 12.1. The summed E-state index contributed by atoms with van der Waals surface area (Å²) >= 11 is 8.89. The molecule has 10 heteroatoms. The van der Waals surface area contributed by atoms with Crippen LogP contribution in [0.3, 0.4) is 0 Å². The first-order valence-corrected chi connectivity index (χ1v) is 14.4. The van der Waals surface area contributed by atoms with Gasteiger partial charge in [-0.25, -0.2) is 0 Å². The van der Waals surface area contributed by atoms with Gasteiger partial charge in [-0.3, -0.25) is 19.3 Å². The molecule has 1 aliphatic rings. The third kappa shape index (κ3) is 6.27. The maximum atomic E-state index is 13.1. The van der Waals surface area contributed by atoms with Gasteiger partial charge < -0.3 is 14.8 Å². The fraction of sp³-hybridized carbons (Fsp3) is 0.100. The Morgan fingerprint density at radius 3 is 2.58 bits per heavy atom. The van der Waals surface area contributed by atoms with E-state index in [1.807, 2.05) is 54.6 Å². The zero-order valence-corrected chi connectivity index (χ0v) is 24.9. The van der Waals surface area contributed by atoms with Gasteiger partial charge in [0.25, 0.3) is 11.1 Å². The molecule has 0 spiro atoms. The van der Waals surface area contributed by atoms with E-state index in [2.05, 4.69) is 27.9 Å². The summed E-state index contributed by atoms with van der Waals surface area (Å²) in [5.74, 6) is 0.0626. The van der Waals surface area contributed by atoms with Gasteiger partial charge in [0, 0.05) is 16.1 Å². The SMILES string of the molecule is COc1cc(/C=C2/SC(=O)N(CC(=O)Nc3cccc4ccccc34)C2=O)cc(I)c1OCc1ccc(Cl)cc1. The van der Waals surface area contributed by atoms with E-state index >= 15 is 0 Å². The summed E-state index contributed by atoms with van der Waals surface area (Å²) in [5.41, 5.74) is 2.22. The minimum Gasteiger partial charge on any atom is -0.493 e. The quantitative estimate of drug-likeness (QED) is 0.154. The lowest BCUT2D eigenvalue weighted by molar-refractivity contribution is -0.127. The van der Waals surface area contributed by atoms with Crippen LogP contribution in [0.2, 0.25) is 5.02 Å². The molecule has 202 valence electrons. The summed E-state index contributed by atoms with van der Waals surface area (Å²) in [6.07, 6.45) is 1.61. The van der Waals surface area contributed by atoms with Gasteiger partial charge >= 0.3 is 0 Å². The summed E-state index contributed by atoms with van der Waals surface area (Å²) in [6.45, 7) is -0.0633. The van der Waals surface area contributed by atoms with Crippen LogP contribution in [-0.4, -0.2) is 35.6 Å².